The first-order valence-electron chi connectivity index (χ1n) is 24.0. The van der Waals surface area contributed by atoms with E-state index in [9.17, 15) is 10.5 Å². The summed E-state index contributed by atoms with van der Waals surface area (Å²) in [5.41, 5.74) is 19.6. The van der Waals surface area contributed by atoms with Crippen molar-refractivity contribution in [2.75, 3.05) is 9.80 Å². The summed E-state index contributed by atoms with van der Waals surface area (Å²) < 4.78 is 0. The van der Waals surface area contributed by atoms with Crippen LogP contribution in [-0.2, 0) is 5.41 Å². The van der Waals surface area contributed by atoms with Gasteiger partial charge in [-0.25, -0.2) is 0 Å². The Kier molecular flexibility index (Phi) is 9.80. The van der Waals surface area contributed by atoms with Crippen molar-refractivity contribution in [1.82, 2.24) is 0 Å². The van der Waals surface area contributed by atoms with E-state index < -0.39 is 5.41 Å². The lowest BCUT2D eigenvalue weighted by atomic mass is 9.70. The van der Waals surface area contributed by atoms with E-state index >= 15 is 0 Å². The molecule has 0 N–H and O–H groups in total. The average Bonchev–Trinajstić information content (AvgIpc) is 3.93. The lowest BCUT2D eigenvalue weighted by molar-refractivity contribution is 0.794. The van der Waals surface area contributed by atoms with Gasteiger partial charge in [-0.1, -0.05) is 200 Å². The molecule has 0 saturated carbocycles. The van der Waals surface area contributed by atoms with Crippen molar-refractivity contribution in [2.45, 2.75) is 5.41 Å². The van der Waals surface area contributed by atoms with Gasteiger partial charge in [0.2, 0.25) is 0 Å². The van der Waals surface area contributed by atoms with E-state index in [2.05, 4.69) is 228 Å². The Morgan fingerprint density at radius 3 is 1.30 bits per heavy atom. The molecule has 2 aliphatic rings. The molecule has 2 aliphatic carbocycles. The van der Waals surface area contributed by atoms with Gasteiger partial charge in [-0.05, 0) is 116 Å². The molecule has 0 saturated heterocycles. The molecule has 0 aromatic heterocycles. The molecule has 0 heterocycles. The standard InChI is InChI=1S/C67H42N4/c68-43-47-25-7-17-35-61(47)70(63-37-19-13-27-50(63)45-21-3-1-4-22-45)49-39-40-56-59(41-49)67(57-33-15-11-29-52(57)53-30-12-16-34-58(53)67)60-42-65(54-31-9-10-32-55(54)66(56)60)71(62-36-18-8-26-48(62)44-69)64-38-20-14-28-51(64)46-23-5-2-6-24-46/h1-42H. The minimum Gasteiger partial charge on any atom is -0.309 e. The van der Waals surface area contributed by atoms with E-state index in [1.54, 1.807) is 0 Å². The van der Waals surface area contributed by atoms with Gasteiger partial charge in [-0.3, -0.25) is 0 Å². The van der Waals surface area contributed by atoms with Crippen LogP contribution >= 0.6 is 0 Å². The lowest BCUT2D eigenvalue weighted by Crippen LogP contribution is -2.26. The molecule has 0 unspecified atom stereocenters. The van der Waals surface area contributed by atoms with Crippen molar-refractivity contribution in [2.24, 2.45) is 0 Å². The summed E-state index contributed by atoms with van der Waals surface area (Å²) in [7, 11) is 0. The van der Waals surface area contributed by atoms with E-state index in [4.69, 9.17) is 0 Å². The highest BCUT2D eigenvalue weighted by Gasteiger charge is 2.53. The Balaban J connectivity index is 1.15. The van der Waals surface area contributed by atoms with Gasteiger partial charge >= 0.3 is 0 Å². The van der Waals surface area contributed by atoms with Crippen LogP contribution in [0, 0.1) is 22.7 Å². The number of hydrogen-bond acceptors (Lipinski definition) is 4. The predicted molar refractivity (Wildman–Crippen MR) is 290 cm³/mol. The molecule has 0 atom stereocenters. The Bertz CT molecular complexity index is 3950. The highest BCUT2D eigenvalue weighted by atomic mass is 15.2. The number of para-hydroxylation sites is 4. The van der Waals surface area contributed by atoms with Crippen LogP contribution in [0.15, 0.2) is 255 Å². The minimum absolute atomic E-state index is 0.577. The van der Waals surface area contributed by atoms with E-state index in [1.807, 2.05) is 48.5 Å². The SMILES string of the molecule is N#Cc1ccccc1N(c1ccc2c(c1)C1(c3ccccc3-c3ccccc31)c1cc(N(c3ccccc3C#N)c3ccccc3-c3ccccc3)c3ccccc3c1-2)c1ccccc1-c1ccccc1. The molecule has 11 aromatic rings. The summed E-state index contributed by atoms with van der Waals surface area (Å²) in [5.74, 6) is 0. The second-order valence-corrected chi connectivity index (χ2v) is 18.1. The fourth-order valence-corrected chi connectivity index (χ4v) is 11.7. The number of fused-ring (bicyclic) bond motifs is 12. The summed E-state index contributed by atoms with van der Waals surface area (Å²) in [4.78, 5) is 4.59. The van der Waals surface area contributed by atoms with Gasteiger partial charge in [0.25, 0.3) is 0 Å². The lowest BCUT2D eigenvalue weighted by Gasteiger charge is -2.34. The maximum Gasteiger partial charge on any atom is 0.101 e. The summed E-state index contributed by atoms with van der Waals surface area (Å²) in [6, 6.07) is 94.9. The summed E-state index contributed by atoms with van der Waals surface area (Å²) >= 11 is 0. The second-order valence-electron chi connectivity index (χ2n) is 18.1. The molecule has 330 valence electrons. The van der Waals surface area contributed by atoms with Gasteiger partial charge in [0.15, 0.2) is 0 Å². The quantitative estimate of drug-likeness (QED) is 0.152. The molecule has 11 aromatic carbocycles. The third kappa shape index (κ3) is 6.29. The molecule has 0 bridgehead atoms. The van der Waals surface area contributed by atoms with Gasteiger partial charge in [0, 0.05) is 22.2 Å². The molecule has 1 spiro atoms. The van der Waals surface area contributed by atoms with Crippen LogP contribution < -0.4 is 9.80 Å². The van der Waals surface area contributed by atoms with Crippen LogP contribution in [0.1, 0.15) is 33.4 Å². The highest BCUT2D eigenvalue weighted by Crippen LogP contribution is 2.66. The zero-order valence-corrected chi connectivity index (χ0v) is 38.5. The van der Waals surface area contributed by atoms with Crippen LogP contribution in [0.4, 0.5) is 34.1 Å². The van der Waals surface area contributed by atoms with E-state index in [-0.39, 0.29) is 0 Å². The Labute approximate surface area is 413 Å². The first-order chi connectivity index (χ1) is 35.2. The number of nitrogens with zero attached hydrogens (tertiary/aromatic N) is 4. The monoisotopic (exact) mass is 902 g/mol. The molecule has 13 rings (SSSR count). The third-order valence-electron chi connectivity index (χ3n) is 14.5. The largest absolute Gasteiger partial charge is 0.309 e. The van der Waals surface area contributed by atoms with E-state index in [0.717, 1.165) is 78.3 Å². The van der Waals surface area contributed by atoms with Crippen molar-refractivity contribution in [1.29, 1.82) is 10.5 Å². The average molecular weight is 903 g/mol. The van der Waals surface area contributed by atoms with Crippen LogP contribution in [-0.4, -0.2) is 0 Å². The number of anilines is 6. The van der Waals surface area contributed by atoms with Gasteiger partial charge in [0.05, 0.1) is 45.0 Å². The summed E-state index contributed by atoms with van der Waals surface area (Å²) in [6.45, 7) is 0. The molecular weight excluding hydrogens is 861 g/mol. The molecule has 0 fully saturated rings. The van der Waals surface area contributed by atoms with Gasteiger partial charge < -0.3 is 9.80 Å². The zero-order valence-electron chi connectivity index (χ0n) is 38.5. The summed E-state index contributed by atoms with van der Waals surface area (Å²) in [5, 5.41) is 23.8. The van der Waals surface area contributed by atoms with Crippen LogP contribution in [0.3, 0.4) is 0 Å². The molecule has 0 radical (unpaired) electrons. The number of hydrogen-bond donors (Lipinski definition) is 0. The molecule has 0 amide bonds. The Hall–Kier alpha value is -9.74. The van der Waals surface area contributed by atoms with Gasteiger partial charge in [-0.2, -0.15) is 10.5 Å². The van der Waals surface area contributed by atoms with Crippen molar-refractivity contribution in [3.8, 4) is 56.6 Å². The van der Waals surface area contributed by atoms with Crippen LogP contribution in [0.25, 0.3) is 55.3 Å². The fraction of sp³-hybridized carbons (Fsp3) is 0.0149. The van der Waals surface area contributed by atoms with Crippen molar-refractivity contribution in [3.63, 3.8) is 0 Å². The number of rotatable bonds is 8. The molecule has 71 heavy (non-hydrogen) atoms. The highest BCUT2D eigenvalue weighted by molar-refractivity contribution is 6.13. The maximum atomic E-state index is 10.9. The molecule has 4 heteroatoms. The summed E-state index contributed by atoms with van der Waals surface area (Å²) in [6.07, 6.45) is 0. The second kappa shape index (κ2) is 16.8. The Morgan fingerprint density at radius 2 is 0.732 bits per heavy atom. The van der Waals surface area contributed by atoms with Crippen molar-refractivity contribution >= 4 is 44.9 Å². The first-order valence-corrected chi connectivity index (χ1v) is 24.0. The van der Waals surface area contributed by atoms with Gasteiger partial charge in [0.1, 0.15) is 12.1 Å². The van der Waals surface area contributed by atoms with Gasteiger partial charge in [-0.15, -0.1) is 0 Å². The first kappa shape index (κ1) is 41.4. The van der Waals surface area contributed by atoms with E-state index in [0.29, 0.717) is 11.1 Å². The maximum absolute atomic E-state index is 10.9. The Morgan fingerprint density at radius 1 is 0.296 bits per heavy atom. The number of nitriles is 2. The fourth-order valence-electron chi connectivity index (χ4n) is 11.7. The smallest absolute Gasteiger partial charge is 0.101 e. The van der Waals surface area contributed by atoms with E-state index in [1.165, 1.54) is 33.4 Å². The topological polar surface area (TPSA) is 54.1 Å². The minimum atomic E-state index is -0.772. The normalized spacial score (nSPS) is 12.3. The predicted octanol–water partition coefficient (Wildman–Crippen LogP) is 17.2. The molecule has 4 nitrogen and oxygen atoms in total. The van der Waals surface area contributed by atoms with Crippen molar-refractivity contribution < 1.29 is 0 Å². The molecular formula is C67H42N4. The number of benzene rings is 11. The van der Waals surface area contributed by atoms with Crippen molar-refractivity contribution in [3.05, 3.63) is 288 Å². The molecule has 0 aliphatic heterocycles. The van der Waals surface area contributed by atoms with Crippen LogP contribution in [0.2, 0.25) is 0 Å². The van der Waals surface area contributed by atoms with Crippen LogP contribution in [0.5, 0.6) is 0 Å². The third-order valence-corrected chi connectivity index (χ3v) is 14.5. The zero-order chi connectivity index (χ0) is 47.5.